The van der Waals surface area contributed by atoms with Crippen molar-refractivity contribution in [1.29, 1.82) is 5.26 Å². The van der Waals surface area contributed by atoms with E-state index in [-0.39, 0.29) is 56.1 Å². The number of carbonyl (C=O) groups is 2. The molecular weight excluding hydrogens is 463 g/mol. The van der Waals surface area contributed by atoms with E-state index in [4.69, 9.17) is 4.74 Å². The van der Waals surface area contributed by atoms with Gasteiger partial charge in [-0.05, 0) is 30.5 Å². The molecule has 0 aliphatic carbocycles. The summed E-state index contributed by atoms with van der Waals surface area (Å²) in [7, 11) is 0. The summed E-state index contributed by atoms with van der Waals surface area (Å²) < 4.78 is 45.7. The van der Waals surface area contributed by atoms with Gasteiger partial charge in [-0.15, -0.1) is 0 Å². The minimum absolute atomic E-state index is 0.120. The molecule has 3 rings (SSSR count). The number of aromatic nitrogens is 1. The van der Waals surface area contributed by atoms with E-state index in [1.807, 2.05) is 44.2 Å². The summed E-state index contributed by atoms with van der Waals surface area (Å²) in [5.74, 6) is -1.17. The Balaban J connectivity index is 1.79. The van der Waals surface area contributed by atoms with Gasteiger partial charge in [0, 0.05) is 31.9 Å². The molecule has 0 radical (unpaired) electrons. The second-order valence-electron chi connectivity index (χ2n) is 8.23. The SMILES string of the molecule is CCOC(=O)c1cc(C#N)c(N2CCN(C(=O)Nc3ccccc3C(C)C)CC2)nc1C(F)(F)F. The highest BCUT2D eigenvalue weighted by molar-refractivity contribution is 5.92. The number of nitrogens with one attached hydrogen (secondary N) is 1. The normalized spacial score (nSPS) is 14.0. The smallest absolute Gasteiger partial charge is 0.434 e. The van der Waals surface area contributed by atoms with Crippen LogP contribution in [-0.4, -0.2) is 54.7 Å². The topological polar surface area (TPSA) is 98.6 Å². The number of nitriles is 1. The van der Waals surface area contributed by atoms with Gasteiger partial charge in [0.25, 0.3) is 0 Å². The lowest BCUT2D eigenvalue weighted by Crippen LogP contribution is -2.50. The van der Waals surface area contributed by atoms with Crippen molar-refractivity contribution in [1.82, 2.24) is 9.88 Å². The molecule has 0 atom stereocenters. The van der Waals surface area contributed by atoms with E-state index in [1.165, 1.54) is 11.8 Å². The van der Waals surface area contributed by atoms with E-state index in [0.29, 0.717) is 5.69 Å². The van der Waals surface area contributed by atoms with E-state index in [0.717, 1.165) is 11.6 Å². The Morgan fingerprint density at radius 2 is 1.86 bits per heavy atom. The van der Waals surface area contributed by atoms with Gasteiger partial charge in [0.15, 0.2) is 5.69 Å². The minimum Gasteiger partial charge on any atom is -0.462 e. The predicted octanol–water partition coefficient (Wildman–Crippen LogP) is 4.63. The van der Waals surface area contributed by atoms with Gasteiger partial charge in [0.1, 0.15) is 11.9 Å². The number of hydrogen-bond donors (Lipinski definition) is 1. The van der Waals surface area contributed by atoms with Crippen LogP contribution in [0.25, 0.3) is 0 Å². The lowest BCUT2D eigenvalue weighted by molar-refractivity contribution is -0.141. The Morgan fingerprint density at radius 3 is 2.43 bits per heavy atom. The van der Waals surface area contributed by atoms with Crippen molar-refractivity contribution in [3.05, 3.63) is 52.7 Å². The highest BCUT2D eigenvalue weighted by atomic mass is 19.4. The van der Waals surface area contributed by atoms with Crippen LogP contribution in [0.4, 0.5) is 29.5 Å². The largest absolute Gasteiger partial charge is 0.462 e. The summed E-state index contributed by atoms with van der Waals surface area (Å²) in [6.45, 7) is 6.14. The number of rotatable bonds is 5. The number of halogens is 3. The maximum atomic E-state index is 13.7. The van der Waals surface area contributed by atoms with Crippen molar-refractivity contribution >= 4 is 23.5 Å². The molecule has 8 nitrogen and oxygen atoms in total. The standard InChI is InChI=1S/C24H26F3N5O3/c1-4-35-22(33)18-13-16(14-28)21(30-20(18)24(25,26)27)31-9-11-32(12-10-31)23(34)29-19-8-6-5-7-17(19)15(2)3/h5-8,13,15H,4,9-12H2,1-3H3,(H,29,34). The molecule has 1 N–H and O–H groups in total. The van der Waals surface area contributed by atoms with E-state index in [9.17, 15) is 28.0 Å². The number of pyridine rings is 1. The molecule has 1 aromatic heterocycles. The third-order valence-electron chi connectivity index (χ3n) is 5.58. The average Bonchev–Trinajstić information content (AvgIpc) is 2.83. The van der Waals surface area contributed by atoms with E-state index in [2.05, 4.69) is 10.3 Å². The second-order valence-corrected chi connectivity index (χ2v) is 8.23. The van der Waals surface area contributed by atoms with Crippen LogP contribution < -0.4 is 10.2 Å². The molecule has 35 heavy (non-hydrogen) atoms. The highest BCUT2D eigenvalue weighted by Gasteiger charge is 2.40. The van der Waals surface area contributed by atoms with Crippen LogP contribution in [0.15, 0.2) is 30.3 Å². The van der Waals surface area contributed by atoms with Crippen molar-refractivity contribution in [3.8, 4) is 6.07 Å². The number of piperazine rings is 1. The first-order valence-electron chi connectivity index (χ1n) is 11.2. The van der Waals surface area contributed by atoms with Crippen LogP contribution in [0.1, 0.15) is 53.9 Å². The molecular formula is C24H26F3N5O3. The number of amides is 2. The Labute approximate surface area is 201 Å². The monoisotopic (exact) mass is 489 g/mol. The van der Waals surface area contributed by atoms with Crippen LogP contribution in [0.5, 0.6) is 0 Å². The fourth-order valence-corrected chi connectivity index (χ4v) is 3.84. The van der Waals surface area contributed by atoms with Crippen molar-refractivity contribution in [2.45, 2.75) is 32.9 Å². The summed E-state index contributed by atoms with van der Waals surface area (Å²) in [5, 5.41) is 12.4. The molecule has 2 aromatic rings. The van der Waals surface area contributed by atoms with E-state index in [1.54, 1.807) is 4.90 Å². The number of carbonyl (C=O) groups excluding carboxylic acids is 2. The number of alkyl halides is 3. The third kappa shape index (κ3) is 5.82. The number of urea groups is 1. The van der Waals surface area contributed by atoms with E-state index < -0.39 is 23.4 Å². The number of nitrogens with zero attached hydrogens (tertiary/aromatic N) is 4. The van der Waals surface area contributed by atoms with Crippen molar-refractivity contribution in [2.75, 3.05) is 43.0 Å². The van der Waals surface area contributed by atoms with Crippen LogP contribution in [0, 0.1) is 11.3 Å². The zero-order chi connectivity index (χ0) is 25.8. The number of para-hydroxylation sites is 1. The molecule has 2 amide bonds. The maximum absolute atomic E-state index is 13.7. The van der Waals surface area contributed by atoms with Gasteiger partial charge in [0.05, 0.1) is 17.7 Å². The molecule has 186 valence electrons. The third-order valence-corrected chi connectivity index (χ3v) is 5.58. The number of hydrogen-bond acceptors (Lipinski definition) is 6. The lowest BCUT2D eigenvalue weighted by atomic mass is 10.0. The summed E-state index contributed by atoms with van der Waals surface area (Å²) in [6, 6.07) is 9.84. The van der Waals surface area contributed by atoms with Gasteiger partial charge >= 0.3 is 18.2 Å². The zero-order valence-corrected chi connectivity index (χ0v) is 19.6. The summed E-state index contributed by atoms with van der Waals surface area (Å²) in [6.07, 6.45) is -4.92. The first-order chi connectivity index (χ1) is 16.6. The van der Waals surface area contributed by atoms with Gasteiger partial charge in [-0.3, -0.25) is 0 Å². The average molecular weight is 489 g/mol. The zero-order valence-electron chi connectivity index (χ0n) is 19.6. The molecule has 1 aliphatic rings. The maximum Gasteiger partial charge on any atom is 0.434 e. The van der Waals surface area contributed by atoms with Crippen LogP contribution >= 0.6 is 0 Å². The number of benzene rings is 1. The van der Waals surface area contributed by atoms with E-state index >= 15 is 0 Å². The van der Waals surface area contributed by atoms with Crippen molar-refractivity contribution in [2.24, 2.45) is 0 Å². The van der Waals surface area contributed by atoms with Crippen LogP contribution in [0.2, 0.25) is 0 Å². The molecule has 0 spiro atoms. The molecule has 0 bridgehead atoms. The van der Waals surface area contributed by atoms with Gasteiger partial charge in [-0.25, -0.2) is 14.6 Å². The molecule has 1 saturated heterocycles. The lowest BCUT2D eigenvalue weighted by Gasteiger charge is -2.36. The van der Waals surface area contributed by atoms with Crippen molar-refractivity contribution in [3.63, 3.8) is 0 Å². The second kappa shape index (κ2) is 10.6. The minimum atomic E-state index is -4.92. The Hall–Kier alpha value is -3.81. The number of esters is 1. The molecule has 1 fully saturated rings. The molecule has 1 aliphatic heterocycles. The molecule has 11 heteroatoms. The molecule has 1 aromatic carbocycles. The fraction of sp³-hybridized carbons (Fsp3) is 0.417. The van der Waals surface area contributed by atoms with Gasteiger partial charge in [-0.1, -0.05) is 32.0 Å². The number of anilines is 2. The first kappa shape index (κ1) is 25.8. The summed E-state index contributed by atoms with van der Waals surface area (Å²) >= 11 is 0. The summed E-state index contributed by atoms with van der Waals surface area (Å²) in [4.78, 5) is 31.6. The van der Waals surface area contributed by atoms with Gasteiger partial charge in [-0.2, -0.15) is 18.4 Å². The molecule has 0 saturated carbocycles. The van der Waals surface area contributed by atoms with Crippen molar-refractivity contribution < 1.29 is 27.5 Å². The Morgan fingerprint density at radius 1 is 1.20 bits per heavy atom. The quantitative estimate of drug-likeness (QED) is 0.615. The summed E-state index contributed by atoms with van der Waals surface area (Å²) in [5.41, 5.74) is -0.696. The highest BCUT2D eigenvalue weighted by Crippen LogP contribution is 2.34. The van der Waals surface area contributed by atoms with Gasteiger partial charge in [0.2, 0.25) is 0 Å². The van der Waals surface area contributed by atoms with Gasteiger partial charge < -0.3 is 19.9 Å². The molecule has 0 unspecified atom stereocenters. The fourth-order valence-electron chi connectivity index (χ4n) is 3.84. The molecule has 2 heterocycles. The van der Waals surface area contributed by atoms with Crippen LogP contribution in [0.3, 0.4) is 0 Å². The Kier molecular flexibility index (Phi) is 7.84. The first-order valence-corrected chi connectivity index (χ1v) is 11.2. The Bertz CT molecular complexity index is 1140. The number of ether oxygens (including phenoxy) is 1. The van der Waals surface area contributed by atoms with Crippen LogP contribution in [-0.2, 0) is 10.9 Å². The predicted molar refractivity (Wildman–Crippen MR) is 123 cm³/mol.